The molecule has 0 bridgehead atoms. The Morgan fingerprint density at radius 3 is 2.29 bits per heavy atom. The van der Waals surface area contributed by atoms with E-state index in [-0.39, 0.29) is 18.4 Å². The highest BCUT2D eigenvalue weighted by atomic mass is 32.2. The van der Waals surface area contributed by atoms with Gasteiger partial charge in [-0.3, -0.25) is 0 Å². The van der Waals surface area contributed by atoms with Gasteiger partial charge in [-0.05, 0) is 25.7 Å². The number of hydrogen-bond donors (Lipinski definition) is 2. The summed E-state index contributed by atoms with van der Waals surface area (Å²) in [5.41, 5.74) is 0. The summed E-state index contributed by atoms with van der Waals surface area (Å²) in [5, 5.41) is 8.52. The minimum absolute atomic E-state index is 0.00589. The third kappa shape index (κ3) is 7.29. The highest BCUT2D eigenvalue weighted by Gasteiger charge is 2.14. The first kappa shape index (κ1) is 13.9. The first-order chi connectivity index (χ1) is 6.37. The van der Waals surface area contributed by atoms with Crippen LogP contribution in [0.25, 0.3) is 0 Å². The molecule has 0 fully saturated rings. The topological polar surface area (TPSA) is 66.4 Å². The maximum atomic E-state index is 11.4. The molecule has 0 heterocycles. The summed E-state index contributed by atoms with van der Waals surface area (Å²) in [7, 11) is -3.20. The van der Waals surface area contributed by atoms with Crippen LogP contribution in [-0.4, -0.2) is 31.9 Å². The van der Waals surface area contributed by atoms with Gasteiger partial charge in [-0.25, -0.2) is 13.1 Å². The Kier molecular flexibility index (Phi) is 6.31. The van der Waals surface area contributed by atoms with Gasteiger partial charge >= 0.3 is 0 Å². The molecule has 0 spiro atoms. The second kappa shape index (κ2) is 6.37. The summed E-state index contributed by atoms with van der Waals surface area (Å²) < 4.78 is 25.3. The molecule has 0 aliphatic carbocycles. The molecule has 0 aromatic rings. The summed E-state index contributed by atoms with van der Waals surface area (Å²) in [6.45, 7) is 5.88. The van der Waals surface area contributed by atoms with Crippen molar-refractivity contribution in [3.05, 3.63) is 0 Å². The van der Waals surface area contributed by atoms with E-state index in [0.717, 1.165) is 6.42 Å². The van der Waals surface area contributed by atoms with E-state index >= 15 is 0 Å². The van der Waals surface area contributed by atoms with Crippen molar-refractivity contribution < 1.29 is 13.5 Å². The molecular weight excluding hydrogens is 202 g/mol. The molecule has 86 valence electrons. The Morgan fingerprint density at radius 2 is 1.86 bits per heavy atom. The molecule has 0 saturated heterocycles. The molecule has 0 amide bonds. The van der Waals surface area contributed by atoms with Crippen molar-refractivity contribution in [1.29, 1.82) is 0 Å². The summed E-state index contributed by atoms with van der Waals surface area (Å²) in [6, 6.07) is -0.0290. The number of hydrogen-bond acceptors (Lipinski definition) is 3. The summed E-state index contributed by atoms with van der Waals surface area (Å²) in [4.78, 5) is 0. The molecule has 0 aliphatic heterocycles. The molecule has 1 unspecified atom stereocenters. The van der Waals surface area contributed by atoms with Crippen LogP contribution in [0.2, 0.25) is 0 Å². The van der Waals surface area contributed by atoms with Gasteiger partial charge in [-0.2, -0.15) is 0 Å². The van der Waals surface area contributed by atoms with Gasteiger partial charge in [0, 0.05) is 12.6 Å². The second-order valence-corrected chi connectivity index (χ2v) is 5.92. The van der Waals surface area contributed by atoms with Gasteiger partial charge in [0.25, 0.3) is 0 Å². The largest absolute Gasteiger partial charge is 0.396 e. The van der Waals surface area contributed by atoms with Crippen molar-refractivity contribution in [3.63, 3.8) is 0 Å². The van der Waals surface area contributed by atoms with Gasteiger partial charge in [0.05, 0.1) is 5.75 Å². The number of nitrogens with one attached hydrogen (secondary N) is 1. The highest BCUT2D eigenvalue weighted by molar-refractivity contribution is 7.89. The smallest absolute Gasteiger partial charge is 0.211 e. The van der Waals surface area contributed by atoms with Crippen LogP contribution in [0.15, 0.2) is 0 Å². The van der Waals surface area contributed by atoms with Crippen molar-refractivity contribution in [1.82, 2.24) is 4.72 Å². The van der Waals surface area contributed by atoms with Crippen molar-refractivity contribution in [2.45, 2.75) is 39.7 Å². The van der Waals surface area contributed by atoms with Crippen molar-refractivity contribution in [3.8, 4) is 0 Å². The van der Waals surface area contributed by atoms with Gasteiger partial charge in [-0.1, -0.05) is 13.8 Å². The van der Waals surface area contributed by atoms with Crippen LogP contribution >= 0.6 is 0 Å². The van der Waals surface area contributed by atoms with E-state index in [0.29, 0.717) is 12.3 Å². The molecule has 2 N–H and O–H groups in total. The molecule has 0 aromatic heterocycles. The van der Waals surface area contributed by atoms with E-state index in [2.05, 4.69) is 18.6 Å². The minimum Gasteiger partial charge on any atom is -0.396 e. The Bertz CT molecular complexity index is 236. The number of sulfonamides is 1. The van der Waals surface area contributed by atoms with Crippen molar-refractivity contribution in [2.24, 2.45) is 5.92 Å². The molecule has 0 rings (SSSR count). The Balaban J connectivity index is 3.96. The average molecular weight is 223 g/mol. The second-order valence-electron chi connectivity index (χ2n) is 4.04. The van der Waals surface area contributed by atoms with E-state index in [1.54, 1.807) is 0 Å². The van der Waals surface area contributed by atoms with Crippen LogP contribution in [0.3, 0.4) is 0 Å². The van der Waals surface area contributed by atoms with Crippen molar-refractivity contribution >= 4 is 10.0 Å². The monoisotopic (exact) mass is 223 g/mol. The Hall–Kier alpha value is -0.130. The van der Waals surface area contributed by atoms with Gasteiger partial charge in [0.2, 0.25) is 10.0 Å². The predicted molar refractivity (Wildman–Crippen MR) is 57.5 cm³/mol. The lowest BCUT2D eigenvalue weighted by atomic mass is 10.1. The Labute approximate surface area is 86.8 Å². The maximum Gasteiger partial charge on any atom is 0.211 e. The van der Waals surface area contributed by atoms with Crippen LogP contribution in [0.4, 0.5) is 0 Å². The average Bonchev–Trinajstić information content (AvgIpc) is 1.98. The first-order valence-electron chi connectivity index (χ1n) is 4.98. The van der Waals surface area contributed by atoms with Gasteiger partial charge in [0.15, 0.2) is 0 Å². The van der Waals surface area contributed by atoms with Crippen molar-refractivity contribution in [2.75, 3.05) is 12.4 Å². The molecule has 14 heavy (non-hydrogen) atoms. The third-order valence-electron chi connectivity index (χ3n) is 1.78. The lowest BCUT2D eigenvalue weighted by molar-refractivity contribution is 0.295. The minimum atomic E-state index is -3.20. The number of rotatable bonds is 7. The molecule has 5 heteroatoms. The molecular formula is C9H21NO3S. The molecule has 0 saturated carbocycles. The molecule has 0 radical (unpaired) electrons. The van der Waals surface area contributed by atoms with E-state index in [1.807, 2.05) is 6.92 Å². The summed E-state index contributed by atoms with van der Waals surface area (Å²) in [5.74, 6) is 0.483. The normalized spacial score (nSPS) is 14.6. The van der Waals surface area contributed by atoms with E-state index < -0.39 is 10.0 Å². The Morgan fingerprint density at radius 1 is 1.29 bits per heavy atom. The lowest BCUT2D eigenvalue weighted by Gasteiger charge is -2.15. The van der Waals surface area contributed by atoms with Crippen LogP contribution in [0.1, 0.15) is 33.6 Å². The first-order valence-corrected chi connectivity index (χ1v) is 6.63. The van der Waals surface area contributed by atoms with Gasteiger partial charge in [-0.15, -0.1) is 0 Å². The quantitative estimate of drug-likeness (QED) is 0.668. The number of aliphatic hydroxyl groups is 1. The SMILES string of the molecule is CC(C)CC(C)NS(=O)(=O)CCCO. The maximum absolute atomic E-state index is 11.4. The molecule has 4 nitrogen and oxygen atoms in total. The number of aliphatic hydroxyl groups excluding tert-OH is 1. The van der Waals surface area contributed by atoms with Crippen LogP contribution in [-0.2, 0) is 10.0 Å². The summed E-state index contributed by atoms with van der Waals surface area (Å²) >= 11 is 0. The van der Waals surface area contributed by atoms with E-state index in [1.165, 1.54) is 0 Å². The fraction of sp³-hybridized carbons (Fsp3) is 1.00. The van der Waals surface area contributed by atoms with E-state index in [9.17, 15) is 8.42 Å². The van der Waals surface area contributed by atoms with Crippen LogP contribution in [0.5, 0.6) is 0 Å². The lowest BCUT2D eigenvalue weighted by Crippen LogP contribution is -2.35. The summed E-state index contributed by atoms with van der Waals surface area (Å²) in [6.07, 6.45) is 1.13. The van der Waals surface area contributed by atoms with Crippen LogP contribution in [0, 0.1) is 5.92 Å². The van der Waals surface area contributed by atoms with E-state index in [4.69, 9.17) is 5.11 Å². The highest BCUT2D eigenvalue weighted by Crippen LogP contribution is 2.05. The zero-order valence-electron chi connectivity index (χ0n) is 9.16. The molecule has 0 aliphatic rings. The fourth-order valence-corrected chi connectivity index (χ4v) is 2.71. The zero-order chi connectivity index (χ0) is 11.2. The molecule has 0 aromatic carbocycles. The third-order valence-corrected chi connectivity index (χ3v) is 3.36. The van der Waals surface area contributed by atoms with Gasteiger partial charge < -0.3 is 5.11 Å². The standard InChI is InChI=1S/C9H21NO3S/c1-8(2)7-9(3)10-14(12,13)6-4-5-11/h8-11H,4-7H2,1-3H3. The predicted octanol–water partition coefficient (Wildman–Crippen LogP) is 0.723. The van der Waals surface area contributed by atoms with Gasteiger partial charge in [0.1, 0.15) is 0 Å². The molecule has 1 atom stereocenters. The zero-order valence-corrected chi connectivity index (χ0v) is 9.97. The van der Waals surface area contributed by atoms with Crippen LogP contribution < -0.4 is 4.72 Å². The fourth-order valence-electron chi connectivity index (χ4n) is 1.38.